The molecule has 0 bridgehead atoms. The lowest BCUT2D eigenvalue weighted by molar-refractivity contribution is -0.120. The molecule has 0 saturated heterocycles. The highest BCUT2D eigenvalue weighted by molar-refractivity contribution is 6.30. The first-order chi connectivity index (χ1) is 12.6. The number of nitrogens with zero attached hydrogens (tertiary/aromatic N) is 3. The van der Waals surface area contributed by atoms with Gasteiger partial charge in [0.2, 0.25) is 11.7 Å². The van der Waals surface area contributed by atoms with Gasteiger partial charge in [0.1, 0.15) is 5.82 Å². The number of fused-ring (bicyclic) bond motifs is 1. The fourth-order valence-electron chi connectivity index (χ4n) is 3.30. The molecule has 0 unspecified atom stereocenters. The lowest BCUT2D eigenvalue weighted by Gasteiger charge is -2.20. The zero-order chi connectivity index (χ0) is 18.1. The maximum atomic E-state index is 12.5. The molecule has 8 heteroatoms. The molecule has 4 rings (SSSR count). The second-order valence-corrected chi connectivity index (χ2v) is 6.96. The Labute approximate surface area is 154 Å². The van der Waals surface area contributed by atoms with Gasteiger partial charge in [0.15, 0.2) is 5.82 Å². The van der Waals surface area contributed by atoms with Crippen molar-refractivity contribution in [1.82, 2.24) is 19.6 Å². The number of hydrogen-bond acceptors (Lipinski definition) is 4. The molecule has 0 spiro atoms. The molecule has 0 radical (unpaired) electrons. The van der Waals surface area contributed by atoms with E-state index in [0.29, 0.717) is 16.7 Å². The molecule has 7 nitrogen and oxygen atoms in total. The normalized spacial score (nSPS) is 15.3. The SMILES string of the molecule is O=C(Nc1cc(=O)[nH]c2nc(-c3ccc(Cl)cc3)nn12)C1CCCCC1. The average Bonchev–Trinajstić information content (AvgIpc) is 3.07. The smallest absolute Gasteiger partial charge is 0.254 e. The van der Waals surface area contributed by atoms with Gasteiger partial charge in [0, 0.05) is 22.6 Å². The summed E-state index contributed by atoms with van der Waals surface area (Å²) in [5.74, 6) is 0.961. The summed E-state index contributed by atoms with van der Waals surface area (Å²) in [6, 6.07) is 8.42. The number of nitrogens with one attached hydrogen (secondary N) is 2. The number of H-pyrrole nitrogens is 1. The Balaban J connectivity index is 1.69. The maximum Gasteiger partial charge on any atom is 0.254 e. The van der Waals surface area contributed by atoms with Gasteiger partial charge in [0.25, 0.3) is 5.56 Å². The first-order valence-electron chi connectivity index (χ1n) is 8.67. The summed E-state index contributed by atoms with van der Waals surface area (Å²) in [5, 5.41) is 7.90. The fraction of sp³-hybridized carbons (Fsp3) is 0.333. The van der Waals surface area contributed by atoms with Gasteiger partial charge in [-0.25, -0.2) is 0 Å². The standard InChI is InChI=1S/C18H18ClN5O2/c19-13-8-6-11(7-9-13)16-22-18-21-15(25)10-14(24(18)23-16)20-17(26)12-4-2-1-3-5-12/h6-10,12H,1-5H2,(H,20,26)(H,21,22,23,25). The van der Waals surface area contributed by atoms with Gasteiger partial charge in [-0.2, -0.15) is 9.50 Å². The molecule has 2 N–H and O–H groups in total. The highest BCUT2D eigenvalue weighted by Crippen LogP contribution is 2.25. The molecule has 3 aromatic rings. The van der Waals surface area contributed by atoms with Crippen LogP contribution in [0.3, 0.4) is 0 Å². The van der Waals surface area contributed by atoms with E-state index in [0.717, 1.165) is 31.2 Å². The number of halogens is 1. The largest absolute Gasteiger partial charge is 0.310 e. The van der Waals surface area contributed by atoms with Crippen molar-refractivity contribution in [3.8, 4) is 11.4 Å². The Hall–Kier alpha value is -2.67. The van der Waals surface area contributed by atoms with Crippen LogP contribution in [0.5, 0.6) is 0 Å². The van der Waals surface area contributed by atoms with Crippen molar-refractivity contribution in [1.29, 1.82) is 0 Å². The number of benzene rings is 1. The molecular formula is C18H18ClN5O2. The summed E-state index contributed by atoms with van der Waals surface area (Å²) in [6.07, 6.45) is 5.06. The second-order valence-electron chi connectivity index (χ2n) is 6.52. The molecule has 0 atom stereocenters. The molecule has 134 valence electrons. The first-order valence-corrected chi connectivity index (χ1v) is 9.05. The summed E-state index contributed by atoms with van der Waals surface area (Å²) in [5.41, 5.74) is 0.426. The Morgan fingerprint density at radius 1 is 1.19 bits per heavy atom. The van der Waals surface area contributed by atoms with E-state index in [-0.39, 0.29) is 23.2 Å². The van der Waals surface area contributed by atoms with Crippen molar-refractivity contribution >= 4 is 29.1 Å². The van der Waals surface area contributed by atoms with Crippen molar-refractivity contribution in [2.75, 3.05) is 5.32 Å². The highest BCUT2D eigenvalue weighted by Gasteiger charge is 2.22. The molecule has 26 heavy (non-hydrogen) atoms. The molecule has 1 aliphatic carbocycles. The average molecular weight is 372 g/mol. The number of aromatic amines is 1. The number of carbonyl (C=O) groups excluding carboxylic acids is 1. The number of hydrogen-bond donors (Lipinski definition) is 2. The third-order valence-corrected chi connectivity index (χ3v) is 4.92. The molecule has 1 fully saturated rings. The van der Waals surface area contributed by atoms with E-state index in [4.69, 9.17) is 11.6 Å². The van der Waals surface area contributed by atoms with Crippen LogP contribution in [-0.4, -0.2) is 25.5 Å². The molecule has 1 aliphatic rings. The van der Waals surface area contributed by atoms with Crippen molar-refractivity contribution in [3.63, 3.8) is 0 Å². The summed E-state index contributed by atoms with van der Waals surface area (Å²) >= 11 is 5.91. The number of anilines is 1. The van der Waals surface area contributed by atoms with E-state index >= 15 is 0 Å². The van der Waals surface area contributed by atoms with Crippen molar-refractivity contribution in [2.45, 2.75) is 32.1 Å². The van der Waals surface area contributed by atoms with Gasteiger partial charge < -0.3 is 5.32 Å². The van der Waals surface area contributed by atoms with Crippen molar-refractivity contribution in [2.24, 2.45) is 5.92 Å². The number of rotatable bonds is 3. The van der Waals surface area contributed by atoms with Gasteiger partial charge in [-0.1, -0.05) is 30.9 Å². The lowest BCUT2D eigenvalue weighted by atomic mass is 9.89. The van der Waals surface area contributed by atoms with Crippen LogP contribution in [0.1, 0.15) is 32.1 Å². The van der Waals surface area contributed by atoms with Gasteiger partial charge in [0.05, 0.1) is 0 Å². The van der Waals surface area contributed by atoms with Crippen LogP contribution in [0.4, 0.5) is 5.82 Å². The van der Waals surface area contributed by atoms with Crippen LogP contribution in [0.2, 0.25) is 5.02 Å². The third-order valence-electron chi connectivity index (χ3n) is 4.67. The number of amides is 1. The predicted octanol–water partition coefficient (Wildman–Crippen LogP) is 3.26. The van der Waals surface area contributed by atoms with Gasteiger partial charge in [-0.15, -0.1) is 5.10 Å². The van der Waals surface area contributed by atoms with Gasteiger partial charge >= 0.3 is 0 Å². The quantitative estimate of drug-likeness (QED) is 0.739. The van der Waals surface area contributed by atoms with Crippen molar-refractivity contribution < 1.29 is 4.79 Å². The molecular weight excluding hydrogens is 354 g/mol. The number of carbonyl (C=O) groups is 1. The van der Waals surface area contributed by atoms with Crippen LogP contribution in [-0.2, 0) is 4.79 Å². The summed E-state index contributed by atoms with van der Waals surface area (Å²) in [7, 11) is 0. The Bertz CT molecular complexity index is 1000. The van der Waals surface area contributed by atoms with E-state index in [1.165, 1.54) is 17.0 Å². The van der Waals surface area contributed by atoms with Crippen LogP contribution in [0, 0.1) is 5.92 Å². The second kappa shape index (κ2) is 6.92. The zero-order valence-electron chi connectivity index (χ0n) is 14.0. The van der Waals surface area contributed by atoms with Crippen molar-refractivity contribution in [3.05, 3.63) is 45.7 Å². The third kappa shape index (κ3) is 3.35. The molecule has 1 amide bonds. The molecule has 2 aromatic heterocycles. The Morgan fingerprint density at radius 2 is 1.92 bits per heavy atom. The highest BCUT2D eigenvalue weighted by atomic mass is 35.5. The fourth-order valence-corrected chi connectivity index (χ4v) is 3.42. The predicted molar refractivity (Wildman–Crippen MR) is 99.3 cm³/mol. The van der Waals surface area contributed by atoms with E-state index in [1.54, 1.807) is 24.3 Å². The monoisotopic (exact) mass is 371 g/mol. The summed E-state index contributed by atoms with van der Waals surface area (Å²) in [4.78, 5) is 31.5. The minimum absolute atomic E-state index is 0.0163. The summed E-state index contributed by atoms with van der Waals surface area (Å²) in [6.45, 7) is 0. The van der Waals surface area contributed by atoms with E-state index < -0.39 is 0 Å². The Morgan fingerprint density at radius 3 is 2.65 bits per heavy atom. The maximum absolute atomic E-state index is 12.5. The summed E-state index contributed by atoms with van der Waals surface area (Å²) < 4.78 is 1.45. The molecule has 1 saturated carbocycles. The van der Waals surface area contributed by atoms with E-state index in [9.17, 15) is 9.59 Å². The molecule has 2 heterocycles. The van der Waals surface area contributed by atoms with Crippen LogP contribution < -0.4 is 10.9 Å². The van der Waals surface area contributed by atoms with Gasteiger partial charge in [-0.3, -0.25) is 14.6 Å². The molecule has 1 aromatic carbocycles. The van der Waals surface area contributed by atoms with Crippen LogP contribution in [0.15, 0.2) is 35.1 Å². The van der Waals surface area contributed by atoms with Crippen LogP contribution in [0.25, 0.3) is 17.2 Å². The topological polar surface area (TPSA) is 92.1 Å². The van der Waals surface area contributed by atoms with E-state index in [1.807, 2.05) is 0 Å². The lowest BCUT2D eigenvalue weighted by Crippen LogP contribution is -2.27. The minimum Gasteiger partial charge on any atom is -0.310 e. The number of aromatic nitrogens is 4. The van der Waals surface area contributed by atoms with Crippen LogP contribution >= 0.6 is 11.6 Å². The molecule has 0 aliphatic heterocycles. The first kappa shape index (κ1) is 16.8. The zero-order valence-corrected chi connectivity index (χ0v) is 14.8. The van der Waals surface area contributed by atoms with Gasteiger partial charge in [-0.05, 0) is 37.1 Å². The van der Waals surface area contributed by atoms with E-state index in [2.05, 4.69) is 20.4 Å². The minimum atomic E-state index is -0.341. The Kier molecular flexibility index (Phi) is 4.46.